The lowest BCUT2D eigenvalue weighted by atomic mass is 9.85. The van der Waals surface area contributed by atoms with Gasteiger partial charge in [-0.1, -0.05) is 25.0 Å². The van der Waals surface area contributed by atoms with E-state index in [4.69, 9.17) is 9.73 Å². The normalized spacial score (nSPS) is 20.6. The van der Waals surface area contributed by atoms with E-state index >= 15 is 0 Å². The van der Waals surface area contributed by atoms with Gasteiger partial charge in [-0.25, -0.2) is 0 Å². The molecule has 1 atom stereocenters. The first kappa shape index (κ1) is 24.8. The molecular weight excluding hydrogens is 491 g/mol. The second-order valence-electron chi connectivity index (χ2n) is 8.56. The van der Waals surface area contributed by atoms with Crippen molar-refractivity contribution in [2.24, 2.45) is 10.4 Å². The number of nitrogens with zero attached hydrogens (tertiary/aromatic N) is 3. The number of nitrogens with one attached hydrogen (secondary N) is 1. The number of carbonyl (C=O) groups is 1. The summed E-state index contributed by atoms with van der Waals surface area (Å²) >= 11 is 0. The molecule has 0 radical (unpaired) electrons. The minimum absolute atomic E-state index is 0. The minimum atomic E-state index is -0.320. The molecule has 1 aliphatic heterocycles. The van der Waals surface area contributed by atoms with Crippen LogP contribution in [0.4, 0.5) is 0 Å². The monoisotopic (exact) mass is 528 g/mol. The van der Waals surface area contributed by atoms with Crippen molar-refractivity contribution in [3.63, 3.8) is 0 Å². The van der Waals surface area contributed by atoms with Crippen LogP contribution in [0.5, 0.6) is 5.75 Å². The molecule has 1 saturated carbocycles. The van der Waals surface area contributed by atoms with E-state index in [2.05, 4.69) is 29.3 Å². The zero-order valence-corrected chi connectivity index (χ0v) is 21.1. The van der Waals surface area contributed by atoms with Gasteiger partial charge in [-0.3, -0.25) is 9.79 Å². The first-order valence-corrected chi connectivity index (χ1v) is 10.9. The molecule has 0 bridgehead atoms. The van der Waals surface area contributed by atoms with Gasteiger partial charge in [0.25, 0.3) is 0 Å². The Bertz CT molecular complexity index is 714. The molecule has 3 rings (SSSR count). The zero-order chi connectivity index (χ0) is 20.9. The molecule has 1 saturated heterocycles. The molecule has 1 amide bonds. The van der Waals surface area contributed by atoms with Crippen molar-refractivity contribution in [1.82, 2.24) is 15.1 Å². The van der Waals surface area contributed by atoms with Crippen LogP contribution in [-0.2, 0) is 4.79 Å². The second kappa shape index (κ2) is 11.2. The summed E-state index contributed by atoms with van der Waals surface area (Å²) in [5.74, 6) is 2.56. The number of carbonyl (C=O) groups excluding carboxylic acids is 1. The van der Waals surface area contributed by atoms with Crippen molar-refractivity contribution >= 4 is 35.8 Å². The van der Waals surface area contributed by atoms with E-state index in [-0.39, 0.29) is 35.3 Å². The van der Waals surface area contributed by atoms with E-state index in [9.17, 15) is 4.79 Å². The molecule has 1 aromatic carbocycles. The lowest BCUT2D eigenvalue weighted by Crippen LogP contribution is -2.44. The summed E-state index contributed by atoms with van der Waals surface area (Å²) in [5, 5.41) is 3.46. The molecule has 1 unspecified atom stereocenters. The summed E-state index contributed by atoms with van der Waals surface area (Å²) in [6.45, 7) is 5.44. The minimum Gasteiger partial charge on any atom is -0.497 e. The van der Waals surface area contributed by atoms with Crippen LogP contribution in [0.1, 0.15) is 50.5 Å². The molecule has 0 aromatic heterocycles. The van der Waals surface area contributed by atoms with Crippen molar-refractivity contribution in [2.45, 2.75) is 44.9 Å². The number of likely N-dealkylation sites (tertiary alicyclic amines) is 1. The molecule has 1 aromatic rings. The Kier molecular flexibility index (Phi) is 9.25. The van der Waals surface area contributed by atoms with Gasteiger partial charge < -0.3 is 19.9 Å². The molecule has 2 aliphatic rings. The highest BCUT2D eigenvalue weighted by Crippen LogP contribution is 2.40. The Morgan fingerprint density at radius 1 is 1.27 bits per heavy atom. The Balaban J connectivity index is 0.00000320. The highest BCUT2D eigenvalue weighted by Gasteiger charge is 2.42. The number of aliphatic imine (C=N–C) groups is 1. The summed E-state index contributed by atoms with van der Waals surface area (Å²) in [7, 11) is 5.41. The van der Waals surface area contributed by atoms with Gasteiger partial charge in [-0.05, 0) is 43.9 Å². The number of benzene rings is 1. The summed E-state index contributed by atoms with van der Waals surface area (Å²) in [4.78, 5) is 21.9. The van der Waals surface area contributed by atoms with Crippen molar-refractivity contribution in [2.75, 3.05) is 47.4 Å². The standard InChI is InChI=1S/C23H36N4O2.HI/c1-5-24-22(25-17-23(13-6-7-14-23)21(28)26(2)3)27-15-12-19(16-27)18-8-10-20(29-4)11-9-18;/h8-11,19H,5-7,12-17H2,1-4H3,(H,24,25);1H. The number of hydrogen-bond donors (Lipinski definition) is 1. The van der Waals surface area contributed by atoms with Gasteiger partial charge in [-0.2, -0.15) is 0 Å². The predicted octanol–water partition coefficient (Wildman–Crippen LogP) is 3.72. The average Bonchev–Trinajstić information content (AvgIpc) is 3.41. The molecule has 1 aliphatic carbocycles. The molecular formula is C23H37IN4O2. The number of halogens is 1. The van der Waals surface area contributed by atoms with Crippen molar-refractivity contribution < 1.29 is 9.53 Å². The van der Waals surface area contributed by atoms with Crippen LogP contribution in [-0.4, -0.2) is 69.1 Å². The highest BCUT2D eigenvalue weighted by atomic mass is 127. The van der Waals surface area contributed by atoms with Crippen molar-refractivity contribution in [3.8, 4) is 5.75 Å². The summed E-state index contributed by atoms with van der Waals surface area (Å²) in [6, 6.07) is 8.41. The van der Waals surface area contributed by atoms with Gasteiger partial charge in [0.1, 0.15) is 5.75 Å². The van der Waals surface area contributed by atoms with E-state index in [1.54, 1.807) is 12.0 Å². The van der Waals surface area contributed by atoms with E-state index in [0.29, 0.717) is 12.5 Å². The third kappa shape index (κ3) is 5.59. The molecule has 30 heavy (non-hydrogen) atoms. The molecule has 7 heteroatoms. The first-order valence-electron chi connectivity index (χ1n) is 10.9. The summed E-state index contributed by atoms with van der Waals surface area (Å²) < 4.78 is 5.28. The molecule has 1 heterocycles. The fraction of sp³-hybridized carbons (Fsp3) is 0.652. The average molecular weight is 528 g/mol. The van der Waals surface area contributed by atoms with Crippen LogP contribution in [0.25, 0.3) is 0 Å². The molecule has 2 fully saturated rings. The molecule has 0 spiro atoms. The molecule has 168 valence electrons. The van der Waals surface area contributed by atoms with Crippen molar-refractivity contribution in [1.29, 1.82) is 0 Å². The first-order chi connectivity index (χ1) is 14.0. The van der Waals surface area contributed by atoms with E-state index in [0.717, 1.165) is 63.4 Å². The van der Waals surface area contributed by atoms with Gasteiger partial charge in [-0.15, -0.1) is 24.0 Å². The SMILES string of the molecule is CCNC(=NCC1(C(=O)N(C)C)CCCC1)N1CCC(c2ccc(OC)cc2)C1.I. The van der Waals surface area contributed by atoms with Crippen LogP contribution in [0.3, 0.4) is 0 Å². The highest BCUT2D eigenvalue weighted by molar-refractivity contribution is 14.0. The largest absolute Gasteiger partial charge is 0.497 e. The van der Waals surface area contributed by atoms with Crippen LogP contribution in [0.15, 0.2) is 29.3 Å². The third-order valence-electron chi connectivity index (χ3n) is 6.36. The number of ether oxygens (including phenoxy) is 1. The van der Waals surface area contributed by atoms with Crippen LogP contribution < -0.4 is 10.1 Å². The fourth-order valence-corrected chi connectivity index (χ4v) is 4.72. The van der Waals surface area contributed by atoms with Crippen LogP contribution >= 0.6 is 24.0 Å². The van der Waals surface area contributed by atoms with E-state index < -0.39 is 0 Å². The smallest absolute Gasteiger partial charge is 0.230 e. The number of methoxy groups -OCH3 is 1. The third-order valence-corrected chi connectivity index (χ3v) is 6.36. The predicted molar refractivity (Wildman–Crippen MR) is 133 cm³/mol. The maximum atomic E-state index is 12.9. The van der Waals surface area contributed by atoms with Gasteiger partial charge >= 0.3 is 0 Å². The topological polar surface area (TPSA) is 57.2 Å². The van der Waals surface area contributed by atoms with Crippen LogP contribution in [0, 0.1) is 5.41 Å². The number of rotatable bonds is 6. The lowest BCUT2D eigenvalue weighted by Gasteiger charge is -2.30. The van der Waals surface area contributed by atoms with Gasteiger partial charge in [0.2, 0.25) is 5.91 Å². The maximum absolute atomic E-state index is 12.9. The molecule has 1 N–H and O–H groups in total. The summed E-state index contributed by atoms with van der Waals surface area (Å²) in [5.41, 5.74) is 1.03. The lowest BCUT2D eigenvalue weighted by molar-refractivity contribution is -0.138. The van der Waals surface area contributed by atoms with Gasteiger partial charge in [0, 0.05) is 39.6 Å². The Morgan fingerprint density at radius 2 is 1.93 bits per heavy atom. The number of guanidine groups is 1. The zero-order valence-electron chi connectivity index (χ0n) is 18.8. The Morgan fingerprint density at radius 3 is 2.50 bits per heavy atom. The summed E-state index contributed by atoms with van der Waals surface area (Å²) in [6.07, 6.45) is 5.24. The Labute approximate surface area is 198 Å². The fourth-order valence-electron chi connectivity index (χ4n) is 4.72. The maximum Gasteiger partial charge on any atom is 0.230 e. The van der Waals surface area contributed by atoms with Gasteiger partial charge in [0.15, 0.2) is 5.96 Å². The quantitative estimate of drug-likeness (QED) is 0.348. The Hall–Kier alpha value is -1.51. The van der Waals surface area contributed by atoms with E-state index in [1.165, 1.54) is 5.56 Å². The number of hydrogen-bond acceptors (Lipinski definition) is 3. The second-order valence-corrected chi connectivity index (χ2v) is 8.56. The van der Waals surface area contributed by atoms with E-state index in [1.807, 2.05) is 26.2 Å². The van der Waals surface area contributed by atoms with Crippen molar-refractivity contribution in [3.05, 3.63) is 29.8 Å². The molecule has 6 nitrogen and oxygen atoms in total. The van der Waals surface area contributed by atoms with Gasteiger partial charge in [0.05, 0.1) is 19.1 Å². The number of amides is 1. The van der Waals surface area contributed by atoms with Crippen LogP contribution in [0.2, 0.25) is 0 Å².